The lowest BCUT2D eigenvalue weighted by Crippen LogP contribution is -2.39. The van der Waals surface area contributed by atoms with E-state index in [-0.39, 0.29) is 5.54 Å². The van der Waals surface area contributed by atoms with Crippen molar-refractivity contribution in [3.8, 4) is 11.3 Å². The lowest BCUT2D eigenvalue weighted by molar-refractivity contribution is 0.576. The van der Waals surface area contributed by atoms with Gasteiger partial charge in [-0.1, -0.05) is 23.8 Å². The highest BCUT2D eigenvalue weighted by Crippen LogP contribution is 2.19. The summed E-state index contributed by atoms with van der Waals surface area (Å²) in [5, 5.41) is 11.7. The second kappa shape index (κ2) is 5.36. The van der Waals surface area contributed by atoms with Gasteiger partial charge in [0.05, 0.1) is 5.69 Å². The number of benzene rings is 1. The Morgan fingerprint density at radius 3 is 2.53 bits per heavy atom. The van der Waals surface area contributed by atoms with E-state index in [9.17, 15) is 0 Å². The highest BCUT2D eigenvalue weighted by Gasteiger charge is 2.15. The maximum Gasteiger partial charge on any atom is 0.149 e. The number of nitrogens with one attached hydrogen (secondary N) is 1. The maximum atomic E-state index is 5.68. The number of rotatable bonds is 4. The molecule has 2 aromatic rings. The Balaban J connectivity index is 2.19. The highest BCUT2D eigenvalue weighted by atomic mass is 15.2. The summed E-state index contributed by atoms with van der Waals surface area (Å²) in [6, 6.07) is 12.1. The molecule has 0 saturated heterocycles. The molecular weight excluding hydrogens is 236 g/mol. The number of nitrogens with two attached hydrogens (primary N) is 1. The smallest absolute Gasteiger partial charge is 0.149 e. The van der Waals surface area contributed by atoms with Crippen molar-refractivity contribution in [3.63, 3.8) is 0 Å². The van der Waals surface area contributed by atoms with Gasteiger partial charge in [-0.2, -0.15) is 0 Å². The first-order chi connectivity index (χ1) is 9.00. The zero-order chi connectivity index (χ0) is 13.9. The van der Waals surface area contributed by atoms with E-state index in [4.69, 9.17) is 5.73 Å². The summed E-state index contributed by atoms with van der Waals surface area (Å²) in [5.41, 5.74) is 8.67. The van der Waals surface area contributed by atoms with Crippen LogP contribution < -0.4 is 11.1 Å². The van der Waals surface area contributed by atoms with Gasteiger partial charge < -0.3 is 11.1 Å². The van der Waals surface area contributed by atoms with Crippen LogP contribution in [0.3, 0.4) is 0 Å². The van der Waals surface area contributed by atoms with Gasteiger partial charge in [-0.3, -0.25) is 0 Å². The third-order valence-electron chi connectivity index (χ3n) is 2.96. The molecule has 2 rings (SSSR count). The number of aryl methyl sites for hydroxylation is 1. The van der Waals surface area contributed by atoms with Crippen LogP contribution in [0.25, 0.3) is 11.3 Å². The third-order valence-corrected chi connectivity index (χ3v) is 2.96. The van der Waals surface area contributed by atoms with Crippen LogP contribution in [0.4, 0.5) is 5.82 Å². The second-order valence-corrected chi connectivity index (χ2v) is 5.39. The van der Waals surface area contributed by atoms with Gasteiger partial charge in [0.1, 0.15) is 5.82 Å². The van der Waals surface area contributed by atoms with E-state index in [0.29, 0.717) is 6.54 Å². The van der Waals surface area contributed by atoms with Gasteiger partial charge in [-0.05, 0) is 39.0 Å². The van der Waals surface area contributed by atoms with Crippen molar-refractivity contribution in [3.05, 3.63) is 42.0 Å². The lowest BCUT2D eigenvalue weighted by atomic mass is 10.1. The van der Waals surface area contributed by atoms with Gasteiger partial charge >= 0.3 is 0 Å². The Bertz CT molecular complexity index is 546. The van der Waals surface area contributed by atoms with E-state index in [1.165, 1.54) is 5.56 Å². The normalized spacial score (nSPS) is 11.4. The molecule has 19 heavy (non-hydrogen) atoms. The standard InChI is InChI=1S/C15H20N4/c1-11-5-4-6-12(9-11)13-7-8-14(19-18-13)17-15(2,3)10-16/h4-9H,10,16H2,1-3H3,(H,17,19). The summed E-state index contributed by atoms with van der Waals surface area (Å²) in [6.07, 6.45) is 0. The largest absolute Gasteiger partial charge is 0.362 e. The van der Waals surface area contributed by atoms with Gasteiger partial charge in [-0.15, -0.1) is 10.2 Å². The maximum absolute atomic E-state index is 5.68. The fourth-order valence-electron chi connectivity index (χ4n) is 1.76. The summed E-state index contributed by atoms with van der Waals surface area (Å²) in [5.74, 6) is 0.742. The SMILES string of the molecule is Cc1cccc(-c2ccc(NC(C)(C)CN)nn2)c1. The van der Waals surface area contributed by atoms with Crippen LogP contribution in [0, 0.1) is 6.92 Å². The average molecular weight is 256 g/mol. The summed E-state index contributed by atoms with van der Waals surface area (Å²) in [6.45, 7) is 6.66. The van der Waals surface area contributed by atoms with Crippen LogP contribution in [0.2, 0.25) is 0 Å². The molecule has 1 heterocycles. The van der Waals surface area contributed by atoms with Crippen molar-refractivity contribution in [2.24, 2.45) is 5.73 Å². The van der Waals surface area contributed by atoms with Gasteiger partial charge in [-0.25, -0.2) is 0 Å². The topological polar surface area (TPSA) is 63.8 Å². The minimum atomic E-state index is -0.181. The van der Waals surface area contributed by atoms with Crippen LogP contribution in [0.5, 0.6) is 0 Å². The van der Waals surface area contributed by atoms with E-state index in [1.807, 2.05) is 38.1 Å². The first-order valence-corrected chi connectivity index (χ1v) is 6.39. The molecule has 0 unspecified atom stereocenters. The van der Waals surface area contributed by atoms with E-state index in [2.05, 4.69) is 34.6 Å². The Morgan fingerprint density at radius 2 is 1.95 bits per heavy atom. The van der Waals surface area contributed by atoms with E-state index >= 15 is 0 Å². The molecule has 0 aliphatic heterocycles. The van der Waals surface area contributed by atoms with Crippen molar-refractivity contribution in [2.45, 2.75) is 26.3 Å². The van der Waals surface area contributed by atoms with E-state index in [1.54, 1.807) is 0 Å². The number of hydrogen-bond donors (Lipinski definition) is 2. The summed E-state index contributed by atoms with van der Waals surface area (Å²) < 4.78 is 0. The molecule has 0 radical (unpaired) electrons. The molecule has 100 valence electrons. The molecule has 1 aromatic heterocycles. The molecule has 0 fully saturated rings. The molecule has 0 spiro atoms. The molecule has 0 atom stereocenters. The van der Waals surface area contributed by atoms with Crippen LogP contribution in [-0.4, -0.2) is 22.3 Å². The minimum Gasteiger partial charge on any atom is -0.362 e. The molecule has 4 heteroatoms. The molecular formula is C15H20N4. The lowest BCUT2D eigenvalue weighted by Gasteiger charge is -2.24. The summed E-state index contributed by atoms with van der Waals surface area (Å²) in [7, 11) is 0. The molecule has 1 aromatic carbocycles. The number of anilines is 1. The van der Waals surface area contributed by atoms with Crippen LogP contribution in [-0.2, 0) is 0 Å². The fourth-order valence-corrected chi connectivity index (χ4v) is 1.76. The van der Waals surface area contributed by atoms with Crippen molar-refractivity contribution in [1.82, 2.24) is 10.2 Å². The Hall–Kier alpha value is -1.94. The monoisotopic (exact) mass is 256 g/mol. The average Bonchev–Trinajstić information content (AvgIpc) is 2.39. The third kappa shape index (κ3) is 3.51. The molecule has 0 amide bonds. The highest BCUT2D eigenvalue weighted by molar-refractivity contribution is 5.60. The predicted molar refractivity (Wildman–Crippen MR) is 79.0 cm³/mol. The number of hydrogen-bond acceptors (Lipinski definition) is 4. The molecule has 0 aliphatic rings. The van der Waals surface area contributed by atoms with Gasteiger partial charge in [0.25, 0.3) is 0 Å². The Kier molecular flexibility index (Phi) is 3.81. The Labute approximate surface area is 114 Å². The first kappa shape index (κ1) is 13.5. The van der Waals surface area contributed by atoms with Crippen LogP contribution >= 0.6 is 0 Å². The van der Waals surface area contributed by atoms with Crippen molar-refractivity contribution >= 4 is 5.82 Å². The fraction of sp³-hybridized carbons (Fsp3) is 0.333. The molecule has 0 aliphatic carbocycles. The number of nitrogens with zero attached hydrogens (tertiary/aromatic N) is 2. The molecule has 4 nitrogen and oxygen atoms in total. The molecule has 0 saturated carbocycles. The zero-order valence-corrected chi connectivity index (χ0v) is 11.6. The van der Waals surface area contributed by atoms with Gasteiger partial charge in [0.15, 0.2) is 0 Å². The Morgan fingerprint density at radius 1 is 1.16 bits per heavy atom. The second-order valence-electron chi connectivity index (χ2n) is 5.39. The van der Waals surface area contributed by atoms with E-state index in [0.717, 1.165) is 17.1 Å². The van der Waals surface area contributed by atoms with Gasteiger partial charge in [0, 0.05) is 17.6 Å². The molecule has 0 bridgehead atoms. The zero-order valence-electron chi connectivity index (χ0n) is 11.6. The minimum absolute atomic E-state index is 0.181. The predicted octanol–water partition coefficient (Wildman–Crippen LogP) is 2.60. The van der Waals surface area contributed by atoms with Gasteiger partial charge in [0.2, 0.25) is 0 Å². The quantitative estimate of drug-likeness (QED) is 0.882. The van der Waals surface area contributed by atoms with Crippen molar-refractivity contribution in [1.29, 1.82) is 0 Å². The van der Waals surface area contributed by atoms with Crippen LogP contribution in [0.15, 0.2) is 36.4 Å². The van der Waals surface area contributed by atoms with Crippen molar-refractivity contribution < 1.29 is 0 Å². The first-order valence-electron chi connectivity index (χ1n) is 6.39. The van der Waals surface area contributed by atoms with Crippen LogP contribution in [0.1, 0.15) is 19.4 Å². The summed E-state index contributed by atoms with van der Waals surface area (Å²) >= 11 is 0. The van der Waals surface area contributed by atoms with E-state index < -0.39 is 0 Å². The summed E-state index contributed by atoms with van der Waals surface area (Å²) in [4.78, 5) is 0. The number of aromatic nitrogens is 2. The van der Waals surface area contributed by atoms with Crippen molar-refractivity contribution in [2.75, 3.05) is 11.9 Å². The molecule has 3 N–H and O–H groups in total.